The maximum absolute atomic E-state index is 10.6. The Bertz CT molecular complexity index is 576. The number of anilines is 1. The number of nitrogens with zero attached hydrogens (tertiary/aromatic N) is 3. The average molecular weight is 251 g/mol. The lowest BCUT2D eigenvalue weighted by Crippen LogP contribution is -2.19. The van der Waals surface area contributed by atoms with E-state index in [2.05, 4.69) is 15.3 Å². The number of pyridine rings is 1. The summed E-state index contributed by atoms with van der Waals surface area (Å²) >= 11 is 5.88. The van der Waals surface area contributed by atoms with Crippen molar-refractivity contribution in [3.05, 3.63) is 17.3 Å². The average Bonchev–Trinajstić information content (AvgIpc) is 2.55. The molecule has 0 saturated heterocycles. The van der Waals surface area contributed by atoms with Crippen molar-refractivity contribution in [3.8, 4) is 0 Å². The third kappa shape index (κ3) is 1.67. The number of rotatable bonds is 3. The van der Waals surface area contributed by atoms with Crippen LogP contribution in [0.3, 0.4) is 0 Å². The van der Waals surface area contributed by atoms with Gasteiger partial charge in [-0.1, -0.05) is 11.6 Å². The summed E-state index contributed by atoms with van der Waals surface area (Å²) in [7, 11) is 0. The van der Waals surface area contributed by atoms with Crippen LogP contribution in [0.5, 0.6) is 0 Å². The highest BCUT2D eigenvalue weighted by atomic mass is 35.5. The van der Waals surface area contributed by atoms with E-state index in [9.17, 15) is 4.79 Å². The van der Waals surface area contributed by atoms with E-state index in [1.165, 1.54) is 6.42 Å². The molecule has 1 fully saturated rings. The fourth-order valence-electron chi connectivity index (χ4n) is 2.10. The van der Waals surface area contributed by atoms with E-state index in [1.807, 2.05) is 4.57 Å². The third-order valence-corrected chi connectivity index (χ3v) is 3.33. The third-order valence-electron chi connectivity index (χ3n) is 3.12. The normalized spacial score (nSPS) is 15.8. The molecule has 0 bridgehead atoms. The minimum atomic E-state index is 0.385. The summed E-state index contributed by atoms with van der Waals surface area (Å²) in [6.45, 7) is 0. The molecular weight excluding hydrogens is 240 g/mol. The monoisotopic (exact) mass is 250 g/mol. The molecule has 88 valence electrons. The molecule has 1 amide bonds. The summed E-state index contributed by atoms with van der Waals surface area (Å²) in [6, 6.07) is 2.14. The highest BCUT2D eigenvalue weighted by molar-refractivity contribution is 6.31. The van der Waals surface area contributed by atoms with Crippen LogP contribution < -0.4 is 5.32 Å². The van der Waals surface area contributed by atoms with Gasteiger partial charge in [-0.3, -0.25) is 14.7 Å². The van der Waals surface area contributed by atoms with Gasteiger partial charge in [0.05, 0.1) is 5.02 Å². The molecule has 1 N–H and O–H groups in total. The van der Waals surface area contributed by atoms with Gasteiger partial charge in [0.1, 0.15) is 5.52 Å². The molecule has 2 aromatic heterocycles. The quantitative estimate of drug-likeness (QED) is 0.851. The van der Waals surface area contributed by atoms with Crippen LogP contribution in [0.25, 0.3) is 11.2 Å². The SMILES string of the molecule is O=CNc1nc2cc(Cl)cnc2n1C1CCC1. The number of hydrogen-bond donors (Lipinski definition) is 1. The molecule has 5 nitrogen and oxygen atoms in total. The Hall–Kier alpha value is -1.62. The molecule has 1 saturated carbocycles. The van der Waals surface area contributed by atoms with Gasteiger partial charge in [0.25, 0.3) is 0 Å². The number of aromatic nitrogens is 3. The fraction of sp³-hybridized carbons (Fsp3) is 0.364. The number of imidazole rings is 1. The van der Waals surface area contributed by atoms with Crippen LogP contribution in [0.1, 0.15) is 25.3 Å². The van der Waals surface area contributed by atoms with E-state index in [-0.39, 0.29) is 0 Å². The first kappa shape index (κ1) is 10.5. The van der Waals surface area contributed by atoms with E-state index in [0.29, 0.717) is 28.9 Å². The molecule has 3 rings (SSSR count). The number of fused-ring (bicyclic) bond motifs is 1. The Kier molecular flexibility index (Phi) is 2.48. The van der Waals surface area contributed by atoms with E-state index < -0.39 is 0 Å². The fourth-order valence-corrected chi connectivity index (χ4v) is 2.25. The second kappa shape index (κ2) is 4.00. The number of amides is 1. The van der Waals surface area contributed by atoms with Crippen molar-refractivity contribution in [2.75, 3.05) is 5.32 Å². The molecule has 0 atom stereocenters. The Balaban J connectivity index is 2.19. The van der Waals surface area contributed by atoms with Gasteiger partial charge >= 0.3 is 0 Å². The molecular formula is C11H11ClN4O. The number of hydrogen-bond acceptors (Lipinski definition) is 3. The molecule has 0 aliphatic heterocycles. The first-order valence-corrected chi connectivity index (χ1v) is 5.91. The zero-order valence-electron chi connectivity index (χ0n) is 9.06. The Morgan fingerprint density at radius 1 is 1.53 bits per heavy atom. The van der Waals surface area contributed by atoms with Gasteiger partial charge in [-0.05, 0) is 25.3 Å². The topological polar surface area (TPSA) is 59.8 Å². The largest absolute Gasteiger partial charge is 0.299 e. The number of halogens is 1. The number of nitrogens with one attached hydrogen (secondary N) is 1. The lowest BCUT2D eigenvalue weighted by atomic mass is 9.93. The first-order valence-electron chi connectivity index (χ1n) is 5.53. The van der Waals surface area contributed by atoms with Crippen LogP contribution in [0.15, 0.2) is 12.3 Å². The summed E-state index contributed by atoms with van der Waals surface area (Å²) in [5, 5.41) is 3.17. The van der Waals surface area contributed by atoms with Crippen LogP contribution in [-0.2, 0) is 4.79 Å². The maximum atomic E-state index is 10.6. The van der Waals surface area contributed by atoms with Crippen molar-refractivity contribution < 1.29 is 4.79 Å². The van der Waals surface area contributed by atoms with Crippen molar-refractivity contribution in [3.63, 3.8) is 0 Å². The molecule has 17 heavy (non-hydrogen) atoms. The van der Waals surface area contributed by atoms with E-state index in [4.69, 9.17) is 11.6 Å². The van der Waals surface area contributed by atoms with Crippen LogP contribution in [-0.4, -0.2) is 20.9 Å². The smallest absolute Gasteiger partial charge is 0.213 e. The van der Waals surface area contributed by atoms with Crippen molar-refractivity contribution in [1.29, 1.82) is 0 Å². The second-order valence-corrected chi connectivity index (χ2v) is 4.59. The zero-order valence-corrected chi connectivity index (χ0v) is 9.81. The van der Waals surface area contributed by atoms with Gasteiger partial charge in [0.15, 0.2) is 5.65 Å². The summed E-state index contributed by atoms with van der Waals surface area (Å²) < 4.78 is 1.99. The molecule has 6 heteroatoms. The van der Waals surface area contributed by atoms with Gasteiger partial charge in [-0.2, -0.15) is 0 Å². The second-order valence-electron chi connectivity index (χ2n) is 4.15. The van der Waals surface area contributed by atoms with Crippen molar-refractivity contribution in [2.24, 2.45) is 0 Å². The van der Waals surface area contributed by atoms with E-state index >= 15 is 0 Å². The summed E-state index contributed by atoms with van der Waals surface area (Å²) in [6.07, 6.45) is 5.65. The van der Waals surface area contributed by atoms with Crippen molar-refractivity contribution >= 4 is 35.1 Å². The van der Waals surface area contributed by atoms with Gasteiger partial charge in [0, 0.05) is 12.2 Å². The predicted octanol–water partition coefficient (Wildman–Crippen LogP) is 2.38. The van der Waals surface area contributed by atoms with Crippen LogP contribution in [0, 0.1) is 0 Å². The predicted molar refractivity (Wildman–Crippen MR) is 65.1 cm³/mol. The molecule has 2 heterocycles. The van der Waals surface area contributed by atoms with Crippen LogP contribution in [0.2, 0.25) is 5.02 Å². The van der Waals surface area contributed by atoms with Crippen molar-refractivity contribution in [1.82, 2.24) is 14.5 Å². The molecule has 0 spiro atoms. The lowest BCUT2D eigenvalue weighted by molar-refractivity contribution is -0.105. The molecule has 0 radical (unpaired) electrons. The minimum Gasteiger partial charge on any atom is -0.299 e. The van der Waals surface area contributed by atoms with Gasteiger partial charge in [-0.15, -0.1) is 0 Å². The Morgan fingerprint density at radius 2 is 2.35 bits per heavy atom. The Labute approximate surface area is 103 Å². The standard InChI is InChI=1S/C11H11ClN4O/c12-7-4-9-10(13-5-7)16(8-2-1-3-8)11(15-9)14-6-17/h4-6,8H,1-3H2,(H,14,15,17). The highest BCUT2D eigenvalue weighted by Gasteiger charge is 2.25. The first-order chi connectivity index (χ1) is 8.29. The molecule has 0 aromatic carbocycles. The molecule has 2 aromatic rings. The summed E-state index contributed by atoms with van der Waals surface area (Å²) in [4.78, 5) is 19.2. The van der Waals surface area contributed by atoms with Gasteiger partial charge in [-0.25, -0.2) is 9.97 Å². The van der Waals surface area contributed by atoms with Gasteiger partial charge < -0.3 is 0 Å². The van der Waals surface area contributed by atoms with E-state index in [0.717, 1.165) is 18.5 Å². The Morgan fingerprint density at radius 3 is 3.00 bits per heavy atom. The van der Waals surface area contributed by atoms with E-state index in [1.54, 1.807) is 12.3 Å². The lowest BCUT2D eigenvalue weighted by Gasteiger charge is -2.28. The highest BCUT2D eigenvalue weighted by Crippen LogP contribution is 2.36. The number of carbonyl (C=O) groups is 1. The van der Waals surface area contributed by atoms with Crippen LogP contribution in [0.4, 0.5) is 5.95 Å². The van der Waals surface area contributed by atoms with Crippen LogP contribution >= 0.6 is 11.6 Å². The number of carbonyl (C=O) groups excluding carboxylic acids is 1. The summed E-state index contributed by atoms with van der Waals surface area (Å²) in [5.74, 6) is 0.550. The van der Waals surface area contributed by atoms with Gasteiger partial charge in [0.2, 0.25) is 12.4 Å². The summed E-state index contributed by atoms with van der Waals surface area (Å²) in [5.41, 5.74) is 1.50. The maximum Gasteiger partial charge on any atom is 0.213 e. The van der Waals surface area contributed by atoms with Crippen molar-refractivity contribution in [2.45, 2.75) is 25.3 Å². The zero-order chi connectivity index (χ0) is 11.8. The minimum absolute atomic E-state index is 0.385. The molecule has 1 aliphatic rings. The molecule has 0 unspecified atom stereocenters. The molecule has 1 aliphatic carbocycles.